The monoisotopic (exact) mass is 907 g/mol. The second-order valence-corrected chi connectivity index (χ2v) is 18.3. The fourth-order valence-electron chi connectivity index (χ4n) is 5.70. The van der Waals surface area contributed by atoms with Crippen LogP contribution in [0.15, 0.2) is 60.8 Å². The quantitative estimate of drug-likeness (QED) is 0.0127. The molecule has 0 amide bonds. The molecule has 61 heavy (non-hydrogen) atoms. The van der Waals surface area contributed by atoms with Gasteiger partial charge in [0, 0.05) is 12.8 Å². The number of esters is 2. The van der Waals surface area contributed by atoms with Crippen molar-refractivity contribution in [1.82, 2.24) is 0 Å². The first-order chi connectivity index (χ1) is 29.1. The number of hydrogen-bond donors (Lipinski definition) is 5. The van der Waals surface area contributed by atoms with E-state index in [0.29, 0.717) is 25.7 Å². The zero-order valence-electron chi connectivity index (χ0n) is 37.3. The van der Waals surface area contributed by atoms with Gasteiger partial charge in [-0.15, -0.1) is 0 Å². The summed E-state index contributed by atoms with van der Waals surface area (Å²) >= 11 is 0. The maximum absolute atomic E-state index is 12.7. The number of aliphatic hydroxyl groups excluding tert-OH is 2. The SMILES string of the molecule is CC[C@@H](O)/C=C/C=C\C/C=C\C/C=C\C/C=C\CCCC(=O)O[C@H](COC(=O)CCCCCCCCCCCCCCCC(C)C)COP(=O)(O)OC[C@@H](O)COP(=O)(O)O. The molecule has 0 aliphatic rings. The van der Waals surface area contributed by atoms with E-state index in [-0.39, 0.29) is 12.8 Å². The van der Waals surface area contributed by atoms with Crippen LogP contribution in [0, 0.1) is 5.92 Å². The Kier molecular flexibility index (Phi) is 37.9. The Bertz CT molecular complexity index is 1340. The van der Waals surface area contributed by atoms with Gasteiger partial charge in [0.1, 0.15) is 12.7 Å². The van der Waals surface area contributed by atoms with E-state index in [1.807, 2.05) is 43.4 Å². The zero-order chi connectivity index (χ0) is 45.5. The Morgan fingerprint density at radius 1 is 0.574 bits per heavy atom. The Morgan fingerprint density at radius 2 is 1.07 bits per heavy atom. The molecule has 0 aromatic carbocycles. The fraction of sp³-hybridized carbons (Fsp3) is 0.733. The number of rotatable bonds is 41. The number of carbonyl (C=O) groups is 2. The maximum atomic E-state index is 12.7. The maximum Gasteiger partial charge on any atom is 0.472 e. The second-order valence-electron chi connectivity index (χ2n) is 15.6. The van der Waals surface area contributed by atoms with Gasteiger partial charge in [0.2, 0.25) is 0 Å². The Labute approximate surface area is 366 Å². The minimum absolute atomic E-state index is 0.0382. The first-order valence-electron chi connectivity index (χ1n) is 22.4. The van der Waals surface area contributed by atoms with Crippen molar-refractivity contribution in [1.29, 1.82) is 0 Å². The lowest BCUT2D eigenvalue weighted by Crippen LogP contribution is -2.29. The molecule has 0 aromatic rings. The first kappa shape index (κ1) is 58.8. The van der Waals surface area contributed by atoms with Crippen LogP contribution >= 0.6 is 15.6 Å². The average Bonchev–Trinajstić information content (AvgIpc) is 3.21. The van der Waals surface area contributed by atoms with Crippen molar-refractivity contribution in [2.75, 3.05) is 26.4 Å². The molecule has 0 saturated heterocycles. The summed E-state index contributed by atoms with van der Waals surface area (Å²) in [4.78, 5) is 52.7. The number of aliphatic hydroxyl groups is 2. The molecule has 0 aromatic heterocycles. The molecule has 0 rings (SSSR count). The molecule has 354 valence electrons. The number of phosphoric ester groups is 2. The van der Waals surface area contributed by atoms with Gasteiger partial charge < -0.3 is 34.4 Å². The Morgan fingerprint density at radius 3 is 1.62 bits per heavy atom. The molecular weight excluding hydrogens is 826 g/mol. The summed E-state index contributed by atoms with van der Waals surface area (Å²) in [6, 6.07) is 0. The summed E-state index contributed by atoms with van der Waals surface area (Å²) in [5, 5.41) is 19.2. The third kappa shape index (κ3) is 44.2. The highest BCUT2D eigenvalue weighted by atomic mass is 31.2. The summed E-state index contributed by atoms with van der Waals surface area (Å²) in [5.74, 6) is -0.321. The van der Waals surface area contributed by atoms with Crippen LogP contribution in [0.4, 0.5) is 0 Å². The Balaban J connectivity index is 4.61. The van der Waals surface area contributed by atoms with Gasteiger partial charge in [-0.1, -0.05) is 165 Å². The van der Waals surface area contributed by atoms with Crippen LogP contribution in [-0.2, 0) is 41.8 Å². The normalized spacial score (nSPS) is 15.2. The molecule has 14 nitrogen and oxygen atoms in total. The molecule has 0 spiro atoms. The summed E-state index contributed by atoms with van der Waals surface area (Å²) in [6.07, 6.45) is 37.5. The largest absolute Gasteiger partial charge is 0.472 e. The predicted molar refractivity (Wildman–Crippen MR) is 240 cm³/mol. The summed E-state index contributed by atoms with van der Waals surface area (Å²) in [5.41, 5.74) is 0. The van der Waals surface area contributed by atoms with Crippen LogP contribution in [-0.4, -0.2) is 81.6 Å². The van der Waals surface area contributed by atoms with Gasteiger partial charge >= 0.3 is 27.6 Å². The summed E-state index contributed by atoms with van der Waals surface area (Å²) < 4.78 is 47.7. The molecule has 0 aliphatic heterocycles. The van der Waals surface area contributed by atoms with Crippen molar-refractivity contribution >= 4 is 27.6 Å². The molecule has 0 fully saturated rings. The van der Waals surface area contributed by atoms with Crippen LogP contribution in [0.3, 0.4) is 0 Å². The Hall–Kier alpha value is -2.22. The van der Waals surface area contributed by atoms with E-state index in [9.17, 15) is 33.8 Å². The zero-order valence-corrected chi connectivity index (χ0v) is 39.1. The van der Waals surface area contributed by atoms with Crippen LogP contribution in [0.5, 0.6) is 0 Å². The van der Waals surface area contributed by atoms with E-state index in [0.717, 1.165) is 44.4 Å². The summed E-state index contributed by atoms with van der Waals surface area (Å²) in [7, 11) is -9.71. The molecule has 16 heteroatoms. The number of hydrogen-bond acceptors (Lipinski definition) is 11. The van der Waals surface area contributed by atoms with Gasteiger partial charge in [0.05, 0.1) is 25.9 Å². The van der Waals surface area contributed by atoms with E-state index in [1.54, 1.807) is 6.08 Å². The molecule has 1 unspecified atom stereocenters. The lowest BCUT2D eigenvalue weighted by molar-refractivity contribution is -0.161. The fourth-order valence-corrected chi connectivity index (χ4v) is 6.85. The third-order valence-corrected chi connectivity index (χ3v) is 10.7. The minimum Gasteiger partial charge on any atom is -0.462 e. The van der Waals surface area contributed by atoms with Gasteiger partial charge in [0.25, 0.3) is 0 Å². The highest BCUT2D eigenvalue weighted by molar-refractivity contribution is 7.47. The first-order valence-corrected chi connectivity index (χ1v) is 25.5. The smallest absolute Gasteiger partial charge is 0.462 e. The van der Waals surface area contributed by atoms with E-state index < -0.39 is 72.3 Å². The number of ether oxygens (including phenoxy) is 2. The number of allylic oxidation sites excluding steroid dienone is 9. The number of carbonyl (C=O) groups excluding carboxylic acids is 2. The average molecular weight is 907 g/mol. The highest BCUT2D eigenvalue weighted by Crippen LogP contribution is 2.43. The van der Waals surface area contributed by atoms with Crippen molar-refractivity contribution in [3.63, 3.8) is 0 Å². The minimum atomic E-state index is -4.88. The van der Waals surface area contributed by atoms with E-state index in [2.05, 4.69) is 41.1 Å². The topological polar surface area (TPSA) is 216 Å². The van der Waals surface area contributed by atoms with Crippen molar-refractivity contribution in [3.05, 3.63) is 60.8 Å². The molecular formula is C45H80O14P2. The van der Waals surface area contributed by atoms with Crippen molar-refractivity contribution in [2.45, 2.75) is 180 Å². The van der Waals surface area contributed by atoms with E-state index in [1.165, 1.54) is 64.2 Å². The standard InChI is InChI=1S/C45H80O14P2/c1-4-41(46)33-29-25-21-17-13-9-5-6-10-15-19-23-27-31-35-45(49)59-43(39-58-61(53,54)57-37-42(47)36-56-60(50,51)52)38-55-44(48)34-30-26-22-18-14-11-7-8-12-16-20-24-28-32-40(2)3/h6,9-10,13,19,21,23,25,29,33,40-43,46-47H,4-5,7-8,11-12,14-18,20,22,24,26-28,30-32,34-39H2,1-3H3,(H,53,54)(H2,50,51,52)/b10-6-,13-9-,23-19-,25-21-,33-29+/t41-,42+,43-/m1/s1. The lowest BCUT2D eigenvalue weighted by atomic mass is 10.0. The van der Waals surface area contributed by atoms with Gasteiger partial charge in [-0.05, 0) is 50.9 Å². The van der Waals surface area contributed by atoms with Gasteiger partial charge in [-0.25, -0.2) is 9.13 Å². The van der Waals surface area contributed by atoms with Crippen LogP contribution in [0.25, 0.3) is 0 Å². The molecule has 0 bridgehead atoms. The molecule has 0 heterocycles. The van der Waals surface area contributed by atoms with Crippen LogP contribution in [0.2, 0.25) is 0 Å². The van der Waals surface area contributed by atoms with Gasteiger partial charge in [0.15, 0.2) is 6.10 Å². The highest BCUT2D eigenvalue weighted by Gasteiger charge is 2.28. The molecule has 5 N–H and O–H groups in total. The van der Waals surface area contributed by atoms with E-state index in [4.69, 9.17) is 23.8 Å². The molecule has 4 atom stereocenters. The van der Waals surface area contributed by atoms with Gasteiger partial charge in [-0.3, -0.25) is 23.2 Å². The molecule has 0 radical (unpaired) electrons. The van der Waals surface area contributed by atoms with E-state index >= 15 is 0 Å². The lowest BCUT2D eigenvalue weighted by Gasteiger charge is -2.20. The predicted octanol–water partition coefficient (Wildman–Crippen LogP) is 10.4. The van der Waals surface area contributed by atoms with Crippen molar-refractivity contribution in [3.8, 4) is 0 Å². The molecule has 0 saturated carbocycles. The molecule has 0 aliphatic carbocycles. The summed E-state index contributed by atoms with van der Waals surface area (Å²) in [6.45, 7) is 3.68. The van der Waals surface area contributed by atoms with Crippen LogP contribution < -0.4 is 0 Å². The number of phosphoric acid groups is 2. The second kappa shape index (κ2) is 39.4. The van der Waals surface area contributed by atoms with Crippen molar-refractivity contribution in [2.24, 2.45) is 5.92 Å². The third-order valence-electron chi connectivity index (χ3n) is 9.25. The number of unbranched alkanes of at least 4 members (excludes halogenated alkanes) is 13. The van der Waals surface area contributed by atoms with Crippen LogP contribution in [0.1, 0.15) is 162 Å². The van der Waals surface area contributed by atoms with Crippen molar-refractivity contribution < 1.29 is 66.7 Å². The van der Waals surface area contributed by atoms with Gasteiger partial charge in [-0.2, -0.15) is 0 Å².